The molecule has 0 bridgehead atoms. The first-order valence-electron chi connectivity index (χ1n) is 12.1. The van der Waals surface area contributed by atoms with Gasteiger partial charge in [-0.1, -0.05) is 25.0 Å². The summed E-state index contributed by atoms with van der Waals surface area (Å²) in [6.45, 7) is 3.29. The summed E-state index contributed by atoms with van der Waals surface area (Å²) in [5.41, 5.74) is 2.50. The fourth-order valence-electron chi connectivity index (χ4n) is 5.34. The predicted molar refractivity (Wildman–Crippen MR) is 125 cm³/mol. The van der Waals surface area contributed by atoms with Crippen molar-refractivity contribution in [2.75, 3.05) is 31.1 Å². The van der Waals surface area contributed by atoms with Gasteiger partial charge in [0.15, 0.2) is 0 Å². The predicted octanol–water partition coefficient (Wildman–Crippen LogP) is 3.50. The van der Waals surface area contributed by atoms with Crippen LogP contribution in [0.4, 0.5) is 5.69 Å². The lowest BCUT2D eigenvalue weighted by Crippen LogP contribution is -2.45. The van der Waals surface area contributed by atoms with Crippen LogP contribution >= 0.6 is 0 Å². The summed E-state index contributed by atoms with van der Waals surface area (Å²) in [5, 5.41) is 0. The zero-order chi connectivity index (χ0) is 22.8. The molecule has 0 aliphatic carbocycles. The van der Waals surface area contributed by atoms with Crippen molar-refractivity contribution in [2.45, 2.75) is 45.1 Å². The van der Waals surface area contributed by atoms with Crippen LogP contribution in [-0.2, 0) is 11.3 Å². The molecule has 0 radical (unpaired) electrons. The van der Waals surface area contributed by atoms with Crippen LogP contribution in [0.3, 0.4) is 0 Å². The van der Waals surface area contributed by atoms with Crippen molar-refractivity contribution in [3.05, 3.63) is 59.4 Å². The van der Waals surface area contributed by atoms with Crippen molar-refractivity contribution in [3.8, 4) is 0 Å². The first-order chi connectivity index (χ1) is 16.1. The van der Waals surface area contributed by atoms with Gasteiger partial charge >= 0.3 is 0 Å². The third kappa shape index (κ3) is 4.24. The van der Waals surface area contributed by atoms with Gasteiger partial charge < -0.3 is 9.80 Å². The van der Waals surface area contributed by atoms with Crippen LogP contribution in [0.2, 0.25) is 0 Å². The molecule has 1 aromatic carbocycles. The van der Waals surface area contributed by atoms with Crippen molar-refractivity contribution >= 4 is 23.4 Å². The number of benzene rings is 1. The van der Waals surface area contributed by atoms with E-state index in [0.717, 1.165) is 56.6 Å². The molecule has 0 spiro atoms. The number of rotatable bonds is 4. The second kappa shape index (κ2) is 9.33. The number of carbonyl (C=O) groups is 3. The number of fused-ring (bicyclic) bond motifs is 1. The van der Waals surface area contributed by atoms with Gasteiger partial charge in [-0.3, -0.25) is 24.3 Å². The van der Waals surface area contributed by atoms with Gasteiger partial charge in [-0.15, -0.1) is 0 Å². The molecule has 3 aliphatic heterocycles. The van der Waals surface area contributed by atoms with Gasteiger partial charge in [-0.2, -0.15) is 0 Å². The molecular weight excluding hydrogens is 416 g/mol. The van der Waals surface area contributed by atoms with E-state index in [1.54, 1.807) is 24.5 Å². The van der Waals surface area contributed by atoms with Crippen LogP contribution in [-0.4, -0.2) is 58.7 Å². The van der Waals surface area contributed by atoms with Crippen molar-refractivity contribution in [2.24, 2.45) is 5.92 Å². The van der Waals surface area contributed by atoms with Gasteiger partial charge in [0.25, 0.3) is 11.8 Å². The van der Waals surface area contributed by atoms with E-state index < -0.39 is 0 Å². The standard InChI is InChI=1S/C26H30N4O3/c31-24(28-13-3-1-2-4-14-28)20-9-7-15-29(18-20)22-11-5-10-21-23(22)26(33)30(25(21)32)17-19-8-6-12-27-16-19/h5-6,8,10-12,16,20H,1-4,7,9,13-15,17-18H2. The molecular formula is C26H30N4O3. The van der Waals surface area contributed by atoms with Crippen molar-refractivity contribution in [1.29, 1.82) is 0 Å². The molecule has 7 heteroatoms. The van der Waals surface area contributed by atoms with Gasteiger partial charge in [0.05, 0.1) is 29.3 Å². The van der Waals surface area contributed by atoms with E-state index in [1.807, 2.05) is 23.1 Å². The number of imide groups is 1. The lowest BCUT2D eigenvalue weighted by molar-refractivity contribution is -0.135. The highest BCUT2D eigenvalue weighted by atomic mass is 16.2. The topological polar surface area (TPSA) is 73.8 Å². The Kier molecular flexibility index (Phi) is 6.11. The number of hydrogen-bond acceptors (Lipinski definition) is 5. The molecule has 2 fully saturated rings. The van der Waals surface area contributed by atoms with Gasteiger partial charge in [-0.05, 0) is 49.4 Å². The summed E-state index contributed by atoms with van der Waals surface area (Å²) in [6.07, 6.45) is 9.68. The van der Waals surface area contributed by atoms with E-state index in [1.165, 1.54) is 17.7 Å². The summed E-state index contributed by atoms with van der Waals surface area (Å²) in [7, 11) is 0. The fraction of sp³-hybridized carbons (Fsp3) is 0.462. The molecule has 33 heavy (non-hydrogen) atoms. The average Bonchev–Trinajstić information content (AvgIpc) is 3.04. The molecule has 7 nitrogen and oxygen atoms in total. The summed E-state index contributed by atoms with van der Waals surface area (Å²) >= 11 is 0. The molecule has 2 saturated heterocycles. The Balaban J connectivity index is 1.36. The second-order valence-electron chi connectivity index (χ2n) is 9.28. The zero-order valence-corrected chi connectivity index (χ0v) is 18.9. The number of piperidine rings is 1. The zero-order valence-electron chi connectivity index (χ0n) is 18.9. The average molecular weight is 447 g/mol. The highest BCUT2D eigenvalue weighted by Crippen LogP contribution is 2.35. The van der Waals surface area contributed by atoms with Crippen LogP contribution in [0.1, 0.15) is 64.8 Å². The van der Waals surface area contributed by atoms with Crippen LogP contribution in [0.5, 0.6) is 0 Å². The molecule has 5 rings (SSSR count). The Morgan fingerprint density at radius 1 is 0.939 bits per heavy atom. The smallest absolute Gasteiger partial charge is 0.263 e. The van der Waals surface area contributed by atoms with E-state index in [2.05, 4.69) is 9.88 Å². The Hall–Kier alpha value is -3.22. The number of likely N-dealkylation sites (tertiary alicyclic amines) is 1. The number of aromatic nitrogens is 1. The number of nitrogens with zero attached hydrogens (tertiary/aromatic N) is 4. The Labute approximate surface area is 194 Å². The van der Waals surface area contributed by atoms with E-state index in [4.69, 9.17) is 0 Å². The Bertz CT molecular complexity index is 1050. The highest BCUT2D eigenvalue weighted by Gasteiger charge is 2.39. The summed E-state index contributed by atoms with van der Waals surface area (Å²) in [5.74, 6) is -0.355. The van der Waals surface area contributed by atoms with E-state index in [-0.39, 0.29) is 30.2 Å². The maximum absolute atomic E-state index is 13.4. The monoisotopic (exact) mass is 446 g/mol. The fourth-order valence-corrected chi connectivity index (χ4v) is 5.34. The Morgan fingerprint density at radius 3 is 2.52 bits per heavy atom. The van der Waals surface area contributed by atoms with Gasteiger partial charge in [-0.25, -0.2) is 0 Å². The lowest BCUT2D eigenvalue weighted by atomic mass is 9.94. The lowest BCUT2D eigenvalue weighted by Gasteiger charge is -2.36. The maximum atomic E-state index is 13.4. The third-order valence-corrected chi connectivity index (χ3v) is 7.07. The van der Waals surface area contributed by atoms with Crippen molar-refractivity contribution in [3.63, 3.8) is 0 Å². The molecule has 0 saturated carbocycles. The number of hydrogen-bond donors (Lipinski definition) is 0. The second-order valence-corrected chi connectivity index (χ2v) is 9.28. The number of pyridine rings is 1. The molecule has 0 N–H and O–H groups in total. The Morgan fingerprint density at radius 2 is 1.76 bits per heavy atom. The quantitative estimate of drug-likeness (QED) is 0.672. The SMILES string of the molecule is O=C(C1CCCN(c2cccc3c2C(=O)N(Cc2cccnc2)C3=O)C1)N1CCCCCC1. The van der Waals surface area contributed by atoms with E-state index in [0.29, 0.717) is 17.7 Å². The summed E-state index contributed by atoms with van der Waals surface area (Å²) in [4.78, 5) is 49.3. The molecule has 2 aromatic rings. The van der Waals surface area contributed by atoms with E-state index >= 15 is 0 Å². The molecule has 4 heterocycles. The minimum Gasteiger partial charge on any atom is -0.370 e. The number of carbonyl (C=O) groups excluding carboxylic acids is 3. The summed E-state index contributed by atoms with van der Waals surface area (Å²) in [6, 6.07) is 9.14. The molecule has 3 aliphatic rings. The first-order valence-corrected chi connectivity index (χ1v) is 12.1. The minimum atomic E-state index is -0.269. The first kappa shape index (κ1) is 21.6. The normalized spacial score (nSPS) is 21.2. The van der Waals surface area contributed by atoms with Gasteiger partial charge in [0, 0.05) is 38.6 Å². The third-order valence-electron chi connectivity index (χ3n) is 7.07. The van der Waals surface area contributed by atoms with Crippen molar-refractivity contribution in [1.82, 2.24) is 14.8 Å². The van der Waals surface area contributed by atoms with Crippen molar-refractivity contribution < 1.29 is 14.4 Å². The van der Waals surface area contributed by atoms with Crippen LogP contribution in [0.25, 0.3) is 0 Å². The largest absolute Gasteiger partial charge is 0.370 e. The molecule has 1 aromatic heterocycles. The van der Waals surface area contributed by atoms with Crippen LogP contribution in [0.15, 0.2) is 42.7 Å². The summed E-state index contributed by atoms with van der Waals surface area (Å²) < 4.78 is 0. The minimum absolute atomic E-state index is 0.0635. The molecule has 172 valence electrons. The molecule has 1 atom stereocenters. The number of amides is 3. The molecule has 3 amide bonds. The van der Waals surface area contributed by atoms with Gasteiger partial charge in [0.1, 0.15) is 0 Å². The van der Waals surface area contributed by atoms with Crippen LogP contribution < -0.4 is 4.90 Å². The highest BCUT2D eigenvalue weighted by molar-refractivity contribution is 6.23. The van der Waals surface area contributed by atoms with Crippen LogP contribution in [0, 0.1) is 5.92 Å². The van der Waals surface area contributed by atoms with E-state index in [9.17, 15) is 14.4 Å². The number of anilines is 1. The van der Waals surface area contributed by atoms with Gasteiger partial charge in [0.2, 0.25) is 5.91 Å². The molecule has 1 unspecified atom stereocenters. The maximum Gasteiger partial charge on any atom is 0.263 e.